The van der Waals surface area contributed by atoms with Gasteiger partial charge in [0.25, 0.3) is 0 Å². The van der Waals surface area contributed by atoms with Crippen molar-refractivity contribution in [2.24, 2.45) is 5.73 Å². The Kier molecular flexibility index (Phi) is 4.25. The third-order valence-corrected chi connectivity index (χ3v) is 3.39. The number of hydrogen-bond acceptors (Lipinski definition) is 5. The Balaban J connectivity index is 3.22. The van der Waals surface area contributed by atoms with Crippen LogP contribution in [-0.4, -0.2) is 34.1 Å². The lowest BCUT2D eigenvalue weighted by molar-refractivity contribution is 0.0985. The zero-order valence-electron chi connectivity index (χ0n) is 9.76. The van der Waals surface area contributed by atoms with Crippen LogP contribution in [0.1, 0.15) is 16.8 Å². The molecule has 0 saturated carbocycles. The van der Waals surface area contributed by atoms with Crippen molar-refractivity contribution in [3.05, 3.63) is 23.8 Å². The van der Waals surface area contributed by atoms with Crippen LogP contribution in [0.15, 0.2) is 23.1 Å². The number of Topliss-reactive ketones (excluding diaryl/α,β-unsaturated/α-hetero) is 1. The molecule has 0 aliphatic heterocycles. The minimum absolute atomic E-state index is 0.0734. The van der Waals surface area contributed by atoms with Crippen molar-refractivity contribution >= 4 is 15.6 Å². The number of carbonyl (C=O) groups is 1. The number of methoxy groups -OCH3 is 1. The molecule has 1 aromatic carbocycles. The Hall–Kier alpha value is -1.40. The van der Waals surface area contributed by atoms with Gasteiger partial charge in [0.15, 0.2) is 15.6 Å². The first-order chi connectivity index (χ1) is 7.90. The van der Waals surface area contributed by atoms with Crippen molar-refractivity contribution < 1.29 is 17.9 Å². The SMILES string of the molecule is COc1cc(C(=O)CCN)ccc1S(C)(=O)=O. The second-order valence-electron chi connectivity index (χ2n) is 3.60. The number of carbonyl (C=O) groups excluding carboxylic acids is 1. The van der Waals surface area contributed by atoms with Crippen LogP contribution in [0.5, 0.6) is 5.75 Å². The highest BCUT2D eigenvalue weighted by Crippen LogP contribution is 2.25. The highest BCUT2D eigenvalue weighted by molar-refractivity contribution is 7.90. The van der Waals surface area contributed by atoms with Gasteiger partial charge in [0.2, 0.25) is 0 Å². The van der Waals surface area contributed by atoms with Crippen LogP contribution in [0.2, 0.25) is 0 Å². The van der Waals surface area contributed by atoms with E-state index >= 15 is 0 Å². The van der Waals surface area contributed by atoms with Crippen LogP contribution in [0.3, 0.4) is 0 Å². The number of rotatable bonds is 5. The quantitative estimate of drug-likeness (QED) is 0.782. The summed E-state index contributed by atoms with van der Waals surface area (Å²) >= 11 is 0. The van der Waals surface area contributed by atoms with Gasteiger partial charge in [-0.25, -0.2) is 8.42 Å². The summed E-state index contributed by atoms with van der Waals surface area (Å²) in [4.78, 5) is 11.7. The molecule has 0 bridgehead atoms. The molecule has 0 heterocycles. The Morgan fingerprint density at radius 2 is 2.06 bits per heavy atom. The molecule has 0 saturated heterocycles. The van der Waals surface area contributed by atoms with Gasteiger partial charge in [0.05, 0.1) is 7.11 Å². The van der Waals surface area contributed by atoms with E-state index in [-0.39, 0.29) is 29.4 Å². The van der Waals surface area contributed by atoms with Gasteiger partial charge in [-0.1, -0.05) is 0 Å². The fourth-order valence-corrected chi connectivity index (χ4v) is 2.25. The molecule has 0 radical (unpaired) electrons. The average Bonchev–Trinajstić information content (AvgIpc) is 2.27. The molecule has 1 rings (SSSR count). The normalized spacial score (nSPS) is 11.2. The number of nitrogens with two attached hydrogens (primary N) is 1. The molecule has 0 aliphatic carbocycles. The van der Waals surface area contributed by atoms with Crippen molar-refractivity contribution in [3.63, 3.8) is 0 Å². The van der Waals surface area contributed by atoms with Gasteiger partial charge in [-0.2, -0.15) is 0 Å². The number of ether oxygens (including phenoxy) is 1. The minimum Gasteiger partial charge on any atom is -0.495 e. The van der Waals surface area contributed by atoms with Crippen molar-refractivity contribution in [1.29, 1.82) is 0 Å². The van der Waals surface area contributed by atoms with E-state index < -0.39 is 9.84 Å². The third-order valence-electron chi connectivity index (χ3n) is 2.26. The summed E-state index contributed by atoms with van der Waals surface area (Å²) in [6, 6.07) is 4.27. The summed E-state index contributed by atoms with van der Waals surface area (Å²) in [5, 5.41) is 0. The summed E-state index contributed by atoms with van der Waals surface area (Å²) in [5.74, 6) is 0.0428. The van der Waals surface area contributed by atoms with E-state index in [0.717, 1.165) is 6.26 Å². The van der Waals surface area contributed by atoms with Crippen LogP contribution in [0.25, 0.3) is 0 Å². The van der Waals surface area contributed by atoms with E-state index in [1.165, 1.54) is 25.3 Å². The van der Waals surface area contributed by atoms with Gasteiger partial charge in [-0.05, 0) is 24.7 Å². The van der Waals surface area contributed by atoms with Gasteiger partial charge < -0.3 is 10.5 Å². The standard InChI is InChI=1S/C11H15NO4S/c1-16-10-7-8(9(13)5-6-12)3-4-11(10)17(2,14)15/h3-4,7H,5-6,12H2,1-2H3. The van der Waals surface area contributed by atoms with E-state index in [1.807, 2.05) is 0 Å². The van der Waals surface area contributed by atoms with Crippen LogP contribution >= 0.6 is 0 Å². The van der Waals surface area contributed by atoms with Crippen molar-refractivity contribution in [1.82, 2.24) is 0 Å². The van der Waals surface area contributed by atoms with Gasteiger partial charge >= 0.3 is 0 Å². The molecular formula is C11H15NO4S. The maximum atomic E-state index is 11.6. The van der Waals surface area contributed by atoms with Crippen molar-refractivity contribution in [2.45, 2.75) is 11.3 Å². The second-order valence-corrected chi connectivity index (χ2v) is 5.58. The van der Waals surface area contributed by atoms with E-state index in [1.54, 1.807) is 0 Å². The fourth-order valence-electron chi connectivity index (χ4n) is 1.42. The molecule has 0 unspecified atom stereocenters. The zero-order chi connectivity index (χ0) is 13.1. The lowest BCUT2D eigenvalue weighted by Gasteiger charge is -2.08. The Bertz CT molecular complexity index is 522. The molecule has 2 N–H and O–H groups in total. The molecule has 5 nitrogen and oxygen atoms in total. The summed E-state index contributed by atoms with van der Waals surface area (Å²) in [5.41, 5.74) is 5.69. The van der Waals surface area contributed by atoms with Gasteiger partial charge in [-0.3, -0.25) is 4.79 Å². The largest absolute Gasteiger partial charge is 0.495 e. The molecule has 0 aromatic heterocycles. The maximum Gasteiger partial charge on any atom is 0.179 e. The summed E-state index contributed by atoms with van der Waals surface area (Å²) in [7, 11) is -2.00. The van der Waals surface area contributed by atoms with Crippen LogP contribution in [0.4, 0.5) is 0 Å². The number of hydrogen-bond donors (Lipinski definition) is 1. The number of benzene rings is 1. The summed E-state index contributed by atoms with van der Waals surface area (Å²) in [6.45, 7) is 0.259. The highest BCUT2D eigenvalue weighted by Gasteiger charge is 2.16. The van der Waals surface area contributed by atoms with E-state index in [2.05, 4.69) is 0 Å². The van der Waals surface area contributed by atoms with Gasteiger partial charge in [0.1, 0.15) is 10.6 Å². The van der Waals surface area contributed by atoms with E-state index in [9.17, 15) is 13.2 Å². The van der Waals surface area contributed by atoms with Crippen LogP contribution in [0, 0.1) is 0 Å². The number of sulfone groups is 1. The molecule has 6 heteroatoms. The first-order valence-corrected chi connectivity index (χ1v) is 6.90. The van der Waals surface area contributed by atoms with Crippen LogP contribution in [-0.2, 0) is 9.84 Å². The summed E-state index contributed by atoms with van der Waals surface area (Å²) < 4.78 is 27.8. The lowest BCUT2D eigenvalue weighted by atomic mass is 10.1. The summed E-state index contributed by atoms with van der Waals surface area (Å²) in [6.07, 6.45) is 1.31. The minimum atomic E-state index is -3.36. The Labute approximate surface area is 100 Å². The molecule has 1 aromatic rings. The molecule has 94 valence electrons. The molecule has 0 amide bonds. The molecule has 0 aliphatic rings. The molecule has 17 heavy (non-hydrogen) atoms. The van der Waals surface area contributed by atoms with Crippen molar-refractivity contribution in [3.8, 4) is 5.75 Å². The predicted molar refractivity (Wildman–Crippen MR) is 64.1 cm³/mol. The van der Waals surface area contributed by atoms with E-state index in [0.29, 0.717) is 5.56 Å². The second kappa shape index (κ2) is 5.29. The fraction of sp³-hybridized carbons (Fsp3) is 0.364. The lowest BCUT2D eigenvalue weighted by Crippen LogP contribution is -2.09. The molecule has 0 spiro atoms. The maximum absolute atomic E-state index is 11.6. The Morgan fingerprint density at radius 1 is 1.41 bits per heavy atom. The molecular weight excluding hydrogens is 242 g/mol. The third kappa shape index (κ3) is 3.28. The predicted octanol–water partition coefficient (Wildman–Crippen LogP) is 0.630. The first-order valence-electron chi connectivity index (χ1n) is 5.01. The van der Waals surface area contributed by atoms with Gasteiger partial charge in [-0.15, -0.1) is 0 Å². The highest BCUT2D eigenvalue weighted by atomic mass is 32.2. The van der Waals surface area contributed by atoms with Crippen molar-refractivity contribution in [2.75, 3.05) is 19.9 Å². The topological polar surface area (TPSA) is 86.5 Å². The smallest absolute Gasteiger partial charge is 0.179 e. The van der Waals surface area contributed by atoms with Gasteiger partial charge in [0, 0.05) is 18.2 Å². The molecule has 0 fully saturated rings. The zero-order valence-corrected chi connectivity index (χ0v) is 10.6. The van der Waals surface area contributed by atoms with Crippen LogP contribution < -0.4 is 10.5 Å². The number of ketones is 1. The Morgan fingerprint density at radius 3 is 2.53 bits per heavy atom. The van der Waals surface area contributed by atoms with E-state index in [4.69, 9.17) is 10.5 Å². The average molecular weight is 257 g/mol. The first kappa shape index (κ1) is 13.7. The monoisotopic (exact) mass is 257 g/mol. The molecule has 0 atom stereocenters.